The number of para-hydroxylation sites is 1. The number of rotatable bonds is 3. The lowest BCUT2D eigenvalue weighted by Gasteiger charge is -2.28. The summed E-state index contributed by atoms with van der Waals surface area (Å²) in [4.78, 5) is 0. The average molecular weight is 245 g/mol. The molecule has 0 aromatic heterocycles. The number of ether oxygens (including phenoxy) is 1. The third kappa shape index (κ3) is 2.69. The van der Waals surface area contributed by atoms with E-state index in [4.69, 9.17) is 4.74 Å². The van der Waals surface area contributed by atoms with Crippen LogP contribution in [0.2, 0.25) is 0 Å². The van der Waals surface area contributed by atoms with Crippen LogP contribution in [0.1, 0.15) is 43.6 Å². The van der Waals surface area contributed by atoms with Crippen LogP contribution in [0.25, 0.3) is 0 Å². The summed E-state index contributed by atoms with van der Waals surface area (Å²) in [7, 11) is 0. The Bertz CT molecular complexity index is 384. The number of piperidine rings is 1. The van der Waals surface area contributed by atoms with Crippen LogP contribution in [0.5, 0.6) is 5.75 Å². The molecule has 3 rings (SSSR count). The lowest BCUT2D eigenvalue weighted by Crippen LogP contribution is -2.30. The molecule has 1 aromatic carbocycles. The van der Waals surface area contributed by atoms with Crippen LogP contribution in [-0.2, 0) is 0 Å². The van der Waals surface area contributed by atoms with Gasteiger partial charge in [0.15, 0.2) is 0 Å². The maximum Gasteiger partial charge on any atom is 0.122 e. The number of benzene rings is 1. The van der Waals surface area contributed by atoms with Crippen molar-refractivity contribution in [2.75, 3.05) is 19.7 Å². The van der Waals surface area contributed by atoms with Crippen molar-refractivity contribution in [3.63, 3.8) is 0 Å². The van der Waals surface area contributed by atoms with E-state index in [1.54, 1.807) is 0 Å². The molecule has 2 heterocycles. The fourth-order valence-corrected chi connectivity index (χ4v) is 3.32. The summed E-state index contributed by atoms with van der Waals surface area (Å²) >= 11 is 0. The van der Waals surface area contributed by atoms with Crippen molar-refractivity contribution >= 4 is 0 Å². The molecule has 2 aliphatic rings. The third-order valence-electron chi connectivity index (χ3n) is 4.41. The first-order chi connectivity index (χ1) is 8.93. The van der Waals surface area contributed by atoms with E-state index in [0.717, 1.165) is 24.2 Å². The second-order valence-corrected chi connectivity index (χ2v) is 5.66. The maximum absolute atomic E-state index is 5.73. The van der Waals surface area contributed by atoms with Gasteiger partial charge in [0.2, 0.25) is 0 Å². The zero-order valence-corrected chi connectivity index (χ0v) is 11.0. The Balaban J connectivity index is 1.60. The van der Waals surface area contributed by atoms with E-state index in [-0.39, 0.29) is 0 Å². The van der Waals surface area contributed by atoms with Gasteiger partial charge in [0, 0.05) is 0 Å². The molecule has 0 amide bonds. The van der Waals surface area contributed by atoms with Crippen LogP contribution in [0.15, 0.2) is 24.3 Å². The largest absolute Gasteiger partial charge is 0.493 e. The van der Waals surface area contributed by atoms with Crippen LogP contribution in [0.4, 0.5) is 0 Å². The Hall–Kier alpha value is -1.02. The summed E-state index contributed by atoms with van der Waals surface area (Å²) in [5, 5.41) is 3.52. The molecule has 1 N–H and O–H groups in total. The first kappa shape index (κ1) is 12.0. The minimum absolute atomic E-state index is 0.719. The molecule has 0 bridgehead atoms. The van der Waals surface area contributed by atoms with Crippen LogP contribution < -0.4 is 10.1 Å². The van der Waals surface area contributed by atoms with Gasteiger partial charge in [-0.3, -0.25) is 0 Å². The zero-order valence-electron chi connectivity index (χ0n) is 11.0. The predicted octanol–water partition coefficient (Wildman–Crippen LogP) is 3.33. The molecule has 0 spiro atoms. The predicted molar refractivity (Wildman–Crippen MR) is 74.1 cm³/mol. The molecule has 1 fully saturated rings. The molecule has 98 valence electrons. The molecule has 0 saturated carbocycles. The lowest BCUT2D eigenvalue weighted by atomic mass is 9.84. The summed E-state index contributed by atoms with van der Waals surface area (Å²) < 4.78 is 5.73. The van der Waals surface area contributed by atoms with E-state index in [1.165, 1.54) is 50.8 Å². The highest BCUT2D eigenvalue weighted by Gasteiger charge is 2.22. The highest BCUT2D eigenvalue weighted by Crippen LogP contribution is 2.37. The highest BCUT2D eigenvalue weighted by molar-refractivity contribution is 5.37. The second-order valence-electron chi connectivity index (χ2n) is 5.66. The normalized spacial score (nSPS) is 27.3. The number of hydrogen-bond acceptors (Lipinski definition) is 2. The first-order valence-electron chi connectivity index (χ1n) is 7.36. The molecule has 18 heavy (non-hydrogen) atoms. The summed E-state index contributed by atoms with van der Waals surface area (Å²) in [6.07, 6.45) is 6.66. The van der Waals surface area contributed by atoms with Crippen molar-refractivity contribution in [3.05, 3.63) is 29.8 Å². The Kier molecular flexibility index (Phi) is 3.84. The molecule has 0 aliphatic carbocycles. The summed E-state index contributed by atoms with van der Waals surface area (Å²) in [6, 6.07) is 8.58. The van der Waals surface area contributed by atoms with Crippen LogP contribution in [0, 0.1) is 5.92 Å². The van der Waals surface area contributed by atoms with Gasteiger partial charge in [-0.25, -0.2) is 0 Å². The lowest BCUT2D eigenvalue weighted by molar-refractivity contribution is 0.252. The Morgan fingerprint density at radius 1 is 1.17 bits per heavy atom. The smallest absolute Gasteiger partial charge is 0.122 e. The number of nitrogens with one attached hydrogen (secondary N) is 1. The van der Waals surface area contributed by atoms with Gasteiger partial charge in [-0.1, -0.05) is 18.2 Å². The summed E-state index contributed by atoms with van der Waals surface area (Å²) in [5.41, 5.74) is 1.44. The average Bonchev–Trinajstić information content (AvgIpc) is 2.46. The molecule has 2 aliphatic heterocycles. The second kappa shape index (κ2) is 5.75. The van der Waals surface area contributed by atoms with Gasteiger partial charge in [-0.05, 0) is 68.7 Å². The fourth-order valence-electron chi connectivity index (χ4n) is 3.32. The van der Waals surface area contributed by atoms with E-state index < -0.39 is 0 Å². The number of fused-ring (bicyclic) bond motifs is 1. The van der Waals surface area contributed by atoms with Crippen molar-refractivity contribution in [2.45, 2.75) is 38.0 Å². The fraction of sp³-hybridized carbons (Fsp3) is 0.625. The highest BCUT2D eigenvalue weighted by atomic mass is 16.5. The Morgan fingerprint density at radius 3 is 3.00 bits per heavy atom. The SMILES string of the molecule is c1ccc2c(c1)OCCC2CCC1CCCNC1. The van der Waals surface area contributed by atoms with Gasteiger partial charge in [0.25, 0.3) is 0 Å². The van der Waals surface area contributed by atoms with Crippen molar-refractivity contribution in [1.82, 2.24) is 5.32 Å². The van der Waals surface area contributed by atoms with E-state index in [2.05, 4.69) is 29.6 Å². The van der Waals surface area contributed by atoms with Gasteiger partial charge >= 0.3 is 0 Å². The third-order valence-corrected chi connectivity index (χ3v) is 4.41. The quantitative estimate of drug-likeness (QED) is 0.882. The van der Waals surface area contributed by atoms with Crippen LogP contribution >= 0.6 is 0 Å². The molecular formula is C16H23NO. The van der Waals surface area contributed by atoms with Gasteiger partial charge in [0.05, 0.1) is 6.61 Å². The minimum Gasteiger partial charge on any atom is -0.493 e. The molecule has 0 radical (unpaired) electrons. The molecule has 1 aromatic rings. The first-order valence-corrected chi connectivity index (χ1v) is 7.36. The van der Waals surface area contributed by atoms with E-state index in [1.807, 2.05) is 0 Å². The molecule has 2 nitrogen and oxygen atoms in total. The summed E-state index contributed by atoms with van der Waals surface area (Å²) in [6.45, 7) is 3.34. The number of hydrogen-bond donors (Lipinski definition) is 1. The van der Waals surface area contributed by atoms with Gasteiger partial charge in [-0.15, -0.1) is 0 Å². The van der Waals surface area contributed by atoms with Crippen molar-refractivity contribution in [3.8, 4) is 5.75 Å². The van der Waals surface area contributed by atoms with Crippen LogP contribution in [0.3, 0.4) is 0 Å². The van der Waals surface area contributed by atoms with Crippen molar-refractivity contribution < 1.29 is 4.74 Å². The standard InChI is InChI=1S/C16H23NO/c1-2-6-16-15(5-1)14(9-11-18-16)8-7-13-4-3-10-17-12-13/h1-2,5-6,13-14,17H,3-4,7-12H2. The molecular weight excluding hydrogens is 222 g/mol. The van der Waals surface area contributed by atoms with Gasteiger partial charge < -0.3 is 10.1 Å². The minimum atomic E-state index is 0.719. The summed E-state index contributed by atoms with van der Waals surface area (Å²) in [5.74, 6) is 2.74. The maximum atomic E-state index is 5.73. The van der Waals surface area contributed by atoms with Gasteiger partial charge in [0.1, 0.15) is 5.75 Å². The van der Waals surface area contributed by atoms with Gasteiger partial charge in [-0.2, -0.15) is 0 Å². The monoisotopic (exact) mass is 245 g/mol. The Labute approximate surface area is 110 Å². The molecule has 2 atom stereocenters. The van der Waals surface area contributed by atoms with Crippen molar-refractivity contribution in [2.24, 2.45) is 5.92 Å². The van der Waals surface area contributed by atoms with E-state index >= 15 is 0 Å². The molecule has 2 unspecified atom stereocenters. The van der Waals surface area contributed by atoms with E-state index in [0.29, 0.717) is 0 Å². The zero-order chi connectivity index (χ0) is 12.2. The molecule has 2 heteroatoms. The van der Waals surface area contributed by atoms with Crippen molar-refractivity contribution in [1.29, 1.82) is 0 Å². The van der Waals surface area contributed by atoms with Crippen LogP contribution in [-0.4, -0.2) is 19.7 Å². The van der Waals surface area contributed by atoms with E-state index in [9.17, 15) is 0 Å². The Morgan fingerprint density at radius 2 is 2.11 bits per heavy atom. The molecule has 1 saturated heterocycles. The topological polar surface area (TPSA) is 21.3 Å².